The largest absolute Gasteiger partial charge is 0.481 e. The zero-order chi connectivity index (χ0) is 9.56. The van der Waals surface area contributed by atoms with Gasteiger partial charge in [-0.3, -0.25) is 4.79 Å². The van der Waals surface area contributed by atoms with Gasteiger partial charge in [0.15, 0.2) is 0 Å². The van der Waals surface area contributed by atoms with E-state index in [0.29, 0.717) is 12.5 Å². The Morgan fingerprint density at radius 2 is 2.17 bits per heavy atom. The minimum atomic E-state index is -0.757. The van der Waals surface area contributed by atoms with Crippen LogP contribution < -0.4 is 4.84 Å². The normalized spacial score (nSPS) is 13.3. The minimum absolute atomic E-state index is 0.139. The lowest BCUT2D eigenvalue weighted by Gasteiger charge is -2.15. The lowest BCUT2D eigenvalue weighted by molar-refractivity contribution is -0.138. The molecule has 0 spiro atoms. The molecule has 0 aromatic carbocycles. The van der Waals surface area contributed by atoms with Gasteiger partial charge in [0.05, 0.1) is 0 Å². The van der Waals surface area contributed by atoms with E-state index in [0.717, 1.165) is 6.42 Å². The fourth-order valence-corrected chi connectivity index (χ4v) is 1.48. The Bertz CT molecular complexity index is 139. The number of halogens is 1. The quantitative estimate of drug-likeness (QED) is 0.634. The summed E-state index contributed by atoms with van der Waals surface area (Å²) in [6.45, 7) is 4.71. The number of nitrogens with one attached hydrogen (secondary N) is 1. The van der Waals surface area contributed by atoms with Crippen molar-refractivity contribution < 1.29 is 9.90 Å². The van der Waals surface area contributed by atoms with Crippen molar-refractivity contribution in [2.24, 2.45) is 11.8 Å². The summed E-state index contributed by atoms with van der Waals surface area (Å²) in [5, 5.41) is 8.55. The summed E-state index contributed by atoms with van der Waals surface area (Å²) in [7, 11) is 0. The lowest BCUT2D eigenvalue weighted by atomic mass is 9.94. The van der Waals surface area contributed by atoms with Gasteiger partial charge in [-0.2, -0.15) is 0 Å². The zero-order valence-corrected chi connectivity index (χ0v) is 8.27. The highest BCUT2D eigenvalue weighted by Gasteiger charge is 2.13. The van der Waals surface area contributed by atoms with E-state index in [4.69, 9.17) is 16.9 Å². The highest BCUT2D eigenvalue weighted by molar-refractivity contribution is 6.13. The summed E-state index contributed by atoms with van der Waals surface area (Å²) in [5.74, 6) is -0.105. The summed E-state index contributed by atoms with van der Waals surface area (Å²) in [4.78, 5) is 12.9. The first-order chi connectivity index (χ1) is 5.56. The second kappa shape index (κ2) is 6.26. The van der Waals surface area contributed by atoms with E-state index < -0.39 is 5.97 Å². The molecule has 0 aliphatic carbocycles. The maximum Gasteiger partial charge on any atom is 0.303 e. The van der Waals surface area contributed by atoms with Gasteiger partial charge in [0.2, 0.25) is 0 Å². The maximum atomic E-state index is 10.4. The van der Waals surface area contributed by atoms with Crippen LogP contribution in [-0.2, 0) is 4.79 Å². The third-order valence-corrected chi connectivity index (χ3v) is 1.79. The highest BCUT2D eigenvalue weighted by atomic mass is 35.5. The fourth-order valence-electron chi connectivity index (χ4n) is 1.26. The van der Waals surface area contributed by atoms with Gasteiger partial charge in [-0.25, -0.2) is 4.84 Å². The van der Waals surface area contributed by atoms with E-state index in [9.17, 15) is 4.79 Å². The molecule has 72 valence electrons. The van der Waals surface area contributed by atoms with Crippen LogP contribution in [0.5, 0.6) is 0 Å². The monoisotopic (exact) mass is 193 g/mol. The first kappa shape index (κ1) is 11.7. The summed E-state index contributed by atoms with van der Waals surface area (Å²) in [6, 6.07) is 0. The zero-order valence-electron chi connectivity index (χ0n) is 7.51. The number of hydrogen-bond acceptors (Lipinski definition) is 2. The topological polar surface area (TPSA) is 49.3 Å². The molecule has 0 aromatic rings. The number of carbonyl (C=O) groups is 1. The predicted molar refractivity (Wildman–Crippen MR) is 49.1 cm³/mol. The summed E-state index contributed by atoms with van der Waals surface area (Å²) in [5.41, 5.74) is 0. The van der Waals surface area contributed by atoms with Crippen molar-refractivity contribution in [3.8, 4) is 0 Å². The molecule has 0 aliphatic rings. The molecule has 0 amide bonds. The molecule has 12 heavy (non-hydrogen) atoms. The van der Waals surface area contributed by atoms with Crippen molar-refractivity contribution in [2.45, 2.75) is 26.7 Å². The average molecular weight is 194 g/mol. The van der Waals surface area contributed by atoms with E-state index in [1.54, 1.807) is 0 Å². The standard InChI is InChI=1S/C8H16ClNO2/c1-6(2)3-7(5-10-9)4-8(11)12/h6-7,10H,3-5H2,1-2H3,(H,11,12). The van der Waals surface area contributed by atoms with Crippen LogP contribution in [0.25, 0.3) is 0 Å². The van der Waals surface area contributed by atoms with Crippen LogP contribution in [0.3, 0.4) is 0 Å². The van der Waals surface area contributed by atoms with Crippen molar-refractivity contribution in [3.63, 3.8) is 0 Å². The molecule has 0 saturated heterocycles. The summed E-state index contributed by atoms with van der Waals surface area (Å²) >= 11 is 5.32. The Hall–Kier alpha value is -0.280. The molecule has 3 nitrogen and oxygen atoms in total. The van der Waals surface area contributed by atoms with E-state index in [-0.39, 0.29) is 12.3 Å². The third-order valence-electron chi connectivity index (χ3n) is 1.63. The Morgan fingerprint density at radius 3 is 2.50 bits per heavy atom. The van der Waals surface area contributed by atoms with E-state index in [2.05, 4.69) is 18.7 Å². The molecule has 2 N–H and O–H groups in total. The van der Waals surface area contributed by atoms with E-state index >= 15 is 0 Å². The number of aliphatic carboxylic acids is 1. The lowest BCUT2D eigenvalue weighted by Crippen LogP contribution is -2.20. The van der Waals surface area contributed by atoms with Crippen LogP contribution in [0, 0.1) is 11.8 Å². The number of rotatable bonds is 6. The van der Waals surface area contributed by atoms with Gasteiger partial charge in [-0.15, -0.1) is 0 Å². The van der Waals surface area contributed by atoms with Crippen molar-refractivity contribution >= 4 is 17.7 Å². The van der Waals surface area contributed by atoms with Gasteiger partial charge < -0.3 is 5.11 Å². The molecule has 0 heterocycles. The first-order valence-corrected chi connectivity index (χ1v) is 4.49. The number of carboxylic acid groups (broad SMARTS) is 1. The second-order valence-corrected chi connectivity index (χ2v) is 3.70. The van der Waals surface area contributed by atoms with E-state index in [1.165, 1.54) is 0 Å². The second-order valence-electron chi connectivity index (χ2n) is 3.43. The molecule has 0 aliphatic heterocycles. The van der Waals surface area contributed by atoms with Gasteiger partial charge in [-0.1, -0.05) is 13.8 Å². The van der Waals surface area contributed by atoms with E-state index in [1.807, 2.05) is 0 Å². The first-order valence-electron chi connectivity index (χ1n) is 4.11. The SMILES string of the molecule is CC(C)CC(CNCl)CC(=O)O. The summed E-state index contributed by atoms with van der Waals surface area (Å²) in [6.07, 6.45) is 1.09. The Morgan fingerprint density at radius 1 is 1.58 bits per heavy atom. The molecule has 1 unspecified atom stereocenters. The summed E-state index contributed by atoms with van der Waals surface area (Å²) < 4.78 is 0. The van der Waals surface area contributed by atoms with Gasteiger partial charge in [0.25, 0.3) is 0 Å². The maximum absolute atomic E-state index is 10.4. The van der Waals surface area contributed by atoms with Crippen molar-refractivity contribution in [2.75, 3.05) is 6.54 Å². The van der Waals surface area contributed by atoms with Crippen molar-refractivity contribution in [1.82, 2.24) is 4.84 Å². The number of carboxylic acids is 1. The Kier molecular flexibility index (Phi) is 6.11. The third kappa shape index (κ3) is 6.43. The number of hydrogen-bond donors (Lipinski definition) is 2. The van der Waals surface area contributed by atoms with Crippen LogP contribution >= 0.6 is 11.8 Å². The van der Waals surface area contributed by atoms with Crippen LogP contribution in [0.15, 0.2) is 0 Å². The van der Waals surface area contributed by atoms with Crippen LogP contribution in [0.2, 0.25) is 0 Å². The van der Waals surface area contributed by atoms with Crippen LogP contribution in [-0.4, -0.2) is 17.6 Å². The highest BCUT2D eigenvalue weighted by Crippen LogP contribution is 2.14. The molecule has 0 saturated carbocycles. The molecule has 4 heteroatoms. The Balaban J connectivity index is 3.77. The molecule has 0 radical (unpaired) electrons. The molecule has 0 rings (SSSR count). The fraction of sp³-hybridized carbons (Fsp3) is 0.875. The molecular formula is C8H16ClNO2. The minimum Gasteiger partial charge on any atom is -0.481 e. The van der Waals surface area contributed by atoms with Gasteiger partial charge in [-0.05, 0) is 30.0 Å². The average Bonchev–Trinajstić information content (AvgIpc) is 1.84. The smallest absolute Gasteiger partial charge is 0.303 e. The van der Waals surface area contributed by atoms with Gasteiger partial charge in [0, 0.05) is 13.0 Å². The molecule has 1 atom stereocenters. The van der Waals surface area contributed by atoms with Gasteiger partial charge in [0.1, 0.15) is 0 Å². The Labute approximate surface area is 78.2 Å². The molecular weight excluding hydrogens is 178 g/mol. The van der Waals surface area contributed by atoms with Crippen LogP contribution in [0.1, 0.15) is 26.7 Å². The molecule has 0 bridgehead atoms. The molecule has 0 fully saturated rings. The molecule has 0 aromatic heterocycles. The van der Waals surface area contributed by atoms with Crippen molar-refractivity contribution in [3.05, 3.63) is 0 Å². The van der Waals surface area contributed by atoms with Crippen LogP contribution in [0.4, 0.5) is 0 Å². The van der Waals surface area contributed by atoms with Crippen molar-refractivity contribution in [1.29, 1.82) is 0 Å². The predicted octanol–water partition coefficient (Wildman–Crippen LogP) is 1.87. The van der Waals surface area contributed by atoms with Gasteiger partial charge >= 0.3 is 5.97 Å².